The molecule has 3 aromatic rings. The third kappa shape index (κ3) is 3.83. The van der Waals surface area contributed by atoms with Crippen LogP contribution in [-0.2, 0) is 0 Å². The van der Waals surface area contributed by atoms with Gasteiger partial charge in [-0.05, 0) is 43.2 Å². The molecule has 0 aliphatic heterocycles. The van der Waals surface area contributed by atoms with Crippen LogP contribution in [0.5, 0.6) is 0 Å². The first-order valence-corrected chi connectivity index (χ1v) is 6.98. The van der Waals surface area contributed by atoms with Gasteiger partial charge in [0.2, 0.25) is 0 Å². The molecule has 5 heteroatoms. The van der Waals surface area contributed by atoms with Crippen LogP contribution >= 0.6 is 0 Å². The Balaban J connectivity index is 1.75. The van der Waals surface area contributed by atoms with Gasteiger partial charge in [-0.1, -0.05) is 23.2 Å². The highest BCUT2D eigenvalue weighted by Crippen LogP contribution is 2.12. The quantitative estimate of drug-likeness (QED) is 0.739. The minimum Gasteiger partial charge on any atom is -0.361 e. The molecule has 23 heavy (non-hydrogen) atoms. The lowest BCUT2D eigenvalue weighted by molar-refractivity contribution is 0.101. The first-order chi connectivity index (χ1) is 11.2. The van der Waals surface area contributed by atoms with Crippen LogP contribution in [0, 0.1) is 18.8 Å². The summed E-state index contributed by atoms with van der Waals surface area (Å²) >= 11 is 0. The molecule has 0 aliphatic carbocycles. The van der Waals surface area contributed by atoms with E-state index in [4.69, 9.17) is 4.52 Å². The summed E-state index contributed by atoms with van der Waals surface area (Å²) in [6.07, 6.45) is 1.69. The SMILES string of the molecule is Cc1cc(C(=O)Nc2cccc(C#Cc3ccccn3)c2)no1. The molecule has 3 rings (SSSR count). The van der Waals surface area contributed by atoms with E-state index in [1.165, 1.54) is 0 Å². The average Bonchev–Trinajstić information content (AvgIpc) is 3.01. The summed E-state index contributed by atoms with van der Waals surface area (Å²) in [4.78, 5) is 16.2. The van der Waals surface area contributed by atoms with Gasteiger partial charge in [0.1, 0.15) is 11.5 Å². The summed E-state index contributed by atoms with van der Waals surface area (Å²) < 4.78 is 4.89. The van der Waals surface area contributed by atoms with Crippen molar-refractivity contribution in [3.05, 3.63) is 77.4 Å². The lowest BCUT2D eigenvalue weighted by Crippen LogP contribution is -2.12. The van der Waals surface area contributed by atoms with Gasteiger partial charge in [-0.2, -0.15) is 0 Å². The molecular weight excluding hydrogens is 290 g/mol. The van der Waals surface area contributed by atoms with Gasteiger partial charge < -0.3 is 9.84 Å². The number of amides is 1. The summed E-state index contributed by atoms with van der Waals surface area (Å²) in [5.41, 5.74) is 2.36. The van der Waals surface area contributed by atoms with Crippen LogP contribution in [0.25, 0.3) is 0 Å². The van der Waals surface area contributed by atoms with E-state index in [2.05, 4.69) is 27.3 Å². The van der Waals surface area contributed by atoms with Gasteiger partial charge >= 0.3 is 0 Å². The molecule has 0 saturated heterocycles. The van der Waals surface area contributed by atoms with Gasteiger partial charge in [-0.25, -0.2) is 4.98 Å². The van der Waals surface area contributed by atoms with E-state index in [0.29, 0.717) is 17.1 Å². The van der Waals surface area contributed by atoms with E-state index in [1.54, 1.807) is 31.3 Å². The highest BCUT2D eigenvalue weighted by molar-refractivity contribution is 6.02. The fourth-order valence-corrected chi connectivity index (χ4v) is 1.92. The normalized spacial score (nSPS) is 9.78. The number of pyridine rings is 1. The molecule has 0 radical (unpaired) electrons. The molecule has 0 fully saturated rings. The van der Waals surface area contributed by atoms with Gasteiger partial charge in [0.15, 0.2) is 5.69 Å². The second-order valence-corrected chi connectivity index (χ2v) is 4.82. The minimum atomic E-state index is -0.323. The average molecular weight is 303 g/mol. The molecule has 1 N–H and O–H groups in total. The van der Waals surface area contributed by atoms with Crippen molar-refractivity contribution in [3.8, 4) is 11.8 Å². The monoisotopic (exact) mass is 303 g/mol. The third-order valence-electron chi connectivity index (χ3n) is 2.98. The predicted octanol–water partition coefficient (Wildman–Crippen LogP) is 3.03. The lowest BCUT2D eigenvalue weighted by atomic mass is 10.2. The van der Waals surface area contributed by atoms with E-state index in [1.807, 2.05) is 30.3 Å². The number of anilines is 1. The van der Waals surface area contributed by atoms with E-state index in [0.717, 1.165) is 5.56 Å². The van der Waals surface area contributed by atoms with E-state index in [9.17, 15) is 4.79 Å². The molecule has 112 valence electrons. The summed E-state index contributed by atoms with van der Waals surface area (Å²) in [6.45, 7) is 1.73. The number of aromatic nitrogens is 2. The summed E-state index contributed by atoms with van der Waals surface area (Å²) in [7, 11) is 0. The highest BCUT2D eigenvalue weighted by atomic mass is 16.5. The zero-order valence-electron chi connectivity index (χ0n) is 12.4. The number of hydrogen-bond donors (Lipinski definition) is 1. The summed E-state index contributed by atoms with van der Waals surface area (Å²) in [5, 5.41) is 6.45. The second kappa shape index (κ2) is 6.58. The lowest BCUT2D eigenvalue weighted by Gasteiger charge is -2.02. The summed E-state index contributed by atoms with van der Waals surface area (Å²) in [6, 6.07) is 14.4. The van der Waals surface area contributed by atoms with Gasteiger partial charge in [0.25, 0.3) is 5.91 Å². The van der Waals surface area contributed by atoms with Gasteiger partial charge in [-0.15, -0.1) is 0 Å². The molecule has 0 saturated carbocycles. The van der Waals surface area contributed by atoms with Crippen LogP contribution in [0.4, 0.5) is 5.69 Å². The fraction of sp³-hybridized carbons (Fsp3) is 0.0556. The Bertz CT molecular complexity index is 889. The molecule has 0 bridgehead atoms. The molecule has 5 nitrogen and oxygen atoms in total. The van der Waals surface area contributed by atoms with Crippen LogP contribution in [-0.4, -0.2) is 16.0 Å². The van der Waals surface area contributed by atoms with Crippen molar-refractivity contribution in [1.29, 1.82) is 0 Å². The number of nitrogens with zero attached hydrogens (tertiary/aromatic N) is 2. The number of carbonyl (C=O) groups excluding carboxylic acids is 1. The summed E-state index contributed by atoms with van der Waals surface area (Å²) in [5.74, 6) is 6.26. The number of aryl methyl sites for hydroxylation is 1. The molecule has 2 aromatic heterocycles. The molecule has 0 atom stereocenters. The molecular formula is C18H13N3O2. The van der Waals surface area contributed by atoms with Crippen LogP contribution < -0.4 is 5.32 Å². The first kappa shape index (κ1) is 14.5. The largest absolute Gasteiger partial charge is 0.361 e. The fourth-order valence-electron chi connectivity index (χ4n) is 1.92. The number of benzene rings is 1. The zero-order chi connectivity index (χ0) is 16.1. The van der Waals surface area contributed by atoms with Crippen molar-refractivity contribution in [2.45, 2.75) is 6.92 Å². The standard InChI is InChI=1S/C18H13N3O2/c1-13-11-17(21-23-13)18(22)20-16-7-4-5-14(12-16)8-9-15-6-2-3-10-19-15/h2-7,10-12H,1H3,(H,20,22). The molecule has 0 aliphatic rings. The maximum atomic E-state index is 12.0. The maximum Gasteiger partial charge on any atom is 0.277 e. The smallest absolute Gasteiger partial charge is 0.277 e. The van der Waals surface area contributed by atoms with Crippen LogP contribution in [0.1, 0.15) is 27.5 Å². The van der Waals surface area contributed by atoms with Crippen molar-refractivity contribution >= 4 is 11.6 Å². The van der Waals surface area contributed by atoms with Crippen LogP contribution in [0.15, 0.2) is 59.3 Å². The van der Waals surface area contributed by atoms with Crippen molar-refractivity contribution < 1.29 is 9.32 Å². The van der Waals surface area contributed by atoms with Gasteiger partial charge in [0, 0.05) is 23.5 Å². The predicted molar refractivity (Wildman–Crippen MR) is 85.9 cm³/mol. The zero-order valence-corrected chi connectivity index (χ0v) is 12.4. The van der Waals surface area contributed by atoms with Gasteiger partial charge in [0.05, 0.1) is 0 Å². The van der Waals surface area contributed by atoms with Gasteiger partial charge in [-0.3, -0.25) is 4.79 Å². The molecule has 2 heterocycles. The molecule has 1 amide bonds. The van der Waals surface area contributed by atoms with Crippen LogP contribution in [0.2, 0.25) is 0 Å². The molecule has 1 aromatic carbocycles. The molecule has 0 spiro atoms. The van der Waals surface area contributed by atoms with Crippen molar-refractivity contribution in [2.75, 3.05) is 5.32 Å². The Kier molecular flexibility index (Phi) is 4.16. The highest BCUT2D eigenvalue weighted by Gasteiger charge is 2.10. The molecule has 0 unspecified atom stereocenters. The Morgan fingerprint density at radius 2 is 2.04 bits per heavy atom. The Hall–Kier alpha value is -3.39. The third-order valence-corrected chi connectivity index (χ3v) is 2.98. The van der Waals surface area contributed by atoms with Crippen molar-refractivity contribution in [1.82, 2.24) is 10.1 Å². The number of carbonyl (C=O) groups is 1. The van der Waals surface area contributed by atoms with E-state index >= 15 is 0 Å². The second-order valence-electron chi connectivity index (χ2n) is 4.82. The Morgan fingerprint density at radius 1 is 1.13 bits per heavy atom. The van der Waals surface area contributed by atoms with Crippen molar-refractivity contribution in [2.24, 2.45) is 0 Å². The maximum absolute atomic E-state index is 12.0. The first-order valence-electron chi connectivity index (χ1n) is 6.98. The Morgan fingerprint density at radius 3 is 2.78 bits per heavy atom. The Labute approximate surface area is 133 Å². The topological polar surface area (TPSA) is 68.0 Å². The van der Waals surface area contributed by atoms with Crippen LogP contribution in [0.3, 0.4) is 0 Å². The van der Waals surface area contributed by atoms with E-state index in [-0.39, 0.29) is 11.6 Å². The van der Waals surface area contributed by atoms with E-state index < -0.39 is 0 Å². The van der Waals surface area contributed by atoms with Crippen molar-refractivity contribution in [3.63, 3.8) is 0 Å². The number of hydrogen-bond acceptors (Lipinski definition) is 4. The minimum absolute atomic E-state index is 0.243. The number of nitrogens with one attached hydrogen (secondary N) is 1. The number of rotatable bonds is 2.